The molecule has 164 valence electrons. The topological polar surface area (TPSA) is 123 Å². The van der Waals surface area contributed by atoms with Gasteiger partial charge in [0.15, 0.2) is 0 Å². The van der Waals surface area contributed by atoms with Gasteiger partial charge in [-0.15, -0.1) is 0 Å². The molecule has 0 fully saturated rings. The van der Waals surface area contributed by atoms with Crippen molar-refractivity contribution < 1.29 is 19.8 Å². The predicted molar refractivity (Wildman–Crippen MR) is 116 cm³/mol. The van der Waals surface area contributed by atoms with Crippen LogP contribution in [0.3, 0.4) is 0 Å². The fraction of sp³-hybridized carbons (Fsp3) is 0.619. The van der Waals surface area contributed by atoms with Crippen LogP contribution < -0.4 is 21.3 Å². The maximum Gasteiger partial charge on any atom is 0.319 e. The van der Waals surface area contributed by atoms with Crippen LogP contribution in [-0.2, 0) is 0 Å². The van der Waals surface area contributed by atoms with E-state index in [4.69, 9.17) is 10.2 Å². The summed E-state index contributed by atoms with van der Waals surface area (Å²) in [6.07, 6.45) is 7.17. The van der Waals surface area contributed by atoms with E-state index in [9.17, 15) is 9.59 Å². The smallest absolute Gasteiger partial charge is 0.319 e. The van der Waals surface area contributed by atoms with Gasteiger partial charge in [0.2, 0.25) is 0 Å². The molecular formula is C21H36N4O4. The minimum Gasteiger partial charge on any atom is -0.396 e. The lowest BCUT2D eigenvalue weighted by molar-refractivity contribution is 0.251. The zero-order valence-corrected chi connectivity index (χ0v) is 17.4. The Balaban J connectivity index is 2.35. The molecule has 0 saturated carbocycles. The van der Waals surface area contributed by atoms with Gasteiger partial charge in [-0.25, -0.2) is 9.59 Å². The molecule has 0 heterocycles. The number of aliphatic hydroxyl groups is 2. The summed E-state index contributed by atoms with van der Waals surface area (Å²) in [6.45, 7) is 3.46. The molecule has 6 N–H and O–H groups in total. The van der Waals surface area contributed by atoms with Gasteiger partial charge in [0.25, 0.3) is 0 Å². The van der Waals surface area contributed by atoms with Gasteiger partial charge < -0.3 is 31.5 Å². The van der Waals surface area contributed by atoms with Crippen molar-refractivity contribution in [3.8, 4) is 0 Å². The molecule has 0 aromatic heterocycles. The van der Waals surface area contributed by atoms with Crippen molar-refractivity contribution in [2.75, 3.05) is 36.9 Å². The average molecular weight is 409 g/mol. The second-order valence-corrected chi connectivity index (χ2v) is 7.07. The van der Waals surface area contributed by atoms with Crippen LogP contribution in [0.1, 0.15) is 56.9 Å². The number of hydrogen-bond donors (Lipinski definition) is 6. The predicted octanol–water partition coefficient (Wildman–Crippen LogP) is 3.34. The zero-order chi connectivity index (χ0) is 21.3. The van der Waals surface area contributed by atoms with E-state index in [2.05, 4.69) is 21.3 Å². The fourth-order valence-corrected chi connectivity index (χ4v) is 2.76. The van der Waals surface area contributed by atoms with Crippen molar-refractivity contribution in [1.82, 2.24) is 10.6 Å². The minimum atomic E-state index is -0.283. The summed E-state index contributed by atoms with van der Waals surface area (Å²) < 4.78 is 0. The van der Waals surface area contributed by atoms with Gasteiger partial charge in [-0.05, 0) is 50.3 Å². The number of aryl methyl sites for hydroxylation is 1. The second kappa shape index (κ2) is 15.6. The molecular weight excluding hydrogens is 372 g/mol. The van der Waals surface area contributed by atoms with E-state index in [0.29, 0.717) is 24.5 Å². The van der Waals surface area contributed by atoms with Gasteiger partial charge in [0, 0.05) is 37.7 Å². The Kier molecular flexibility index (Phi) is 13.3. The Hall–Kier alpha value is -2.32. The van der Waals surface area contributed by atoms with Gasteiger partial charge in [-0.2, -0.15) is 0 Å². The highest BCUT2D eigenvalue weighted by molar-refractivity contribution is 5.93. The molecule has 0 bridgehead atoms. The van der Waals surface area contributed by atoms with E-state index < -0.39 is 0 Å². The van der Waals surface area contributed by atoms with E-state index >= 15 is 0 Å². The number of benzene rings is 1. The van der Waals surface area contributed by atoms with Crippen molar-refractivity contribution in [2.45, 2.75) is 58.3 Å². The molecule has 0 spiro atoms. The molecule has 8 nitrogen and oxygen atoms in total. The van der Waals surface area contributed by atoms with E-state index in [-0.39, 0.29) is 25.3 Å². The lowest BCUT2D eigenvalue weighted by Crippen LogP contribution is -2.30. The van der Waals surface area contributed by atoms with Gasteiger partial charge in [0.1, 0.15) is 0 Å². The number of urea groups is 2. The molecule has 0 aliphatic heterocycles. The van der Waals surface area contributed by atoms with Gasteiger partial charge in [-0.3, -0.25) is 0 Å². The molecule has 0 aliphatic carbocycles. The quantitative estimate of drug-likeness (QED) is 0.264. The van der Waals surface area contributed by atoms with Crippen molar-refractivity contribution in [3.63, 3.8) is 0 Å². The maximum atomic E-state index is 12.1. The van der Waals surface area contributed by atoms with E-state index in [0.717, 1.165) is 56.9 Å². The summed E-state index contributed by atoms with van der Waals surface area (Å²) in [4.78, 5) is 24.1. The third-order valence-electron chi connectivity index (χ3n) is 4.48. The summed E-state index contributed by atoms with van der Waals surface area (Å²) in [5.41, 5.74) is 2.15. The molecule has 1 rings (SSSR count). The highest BCUT2D eigenvalue weighted by atomic mass is 16.3. The summed E-state index contributed by atoms with van der Waals surface area (Å²) in [5.74, 6) is 0. The average Bonchev–Trinajstić information content (AvgIpc) is 2.70. The molecule has 0 aliphatic rings. The number of anilines is 2. The monoisotopic (exact) mass is 408 g/mol. The lowest BCUT2D eigenvalue weighted by Gasteiger charge is -2.13. The fourth-order valence-electron chi connectivity index (χ4n) is 2.76. The van der Waals surface area contributed by atoms with Crippen molar-refractivity contribution >= 4 is 23.4 Å². The first-order valence-electron chi connectivity index (χ1n) is 10.5. The first-order chi connectivity index (χ1) is 14.1. The van der Waals surface area contributed by atoms with Crippen LogP contribution in [-0.4, -0.2) is 48.6 Å². The molecule has 0 atom stereocenters. The second-order valence-electron chi connectivity index (χ2n) is 7.07. The Bertz CT molecular complexity index is 610. The Morgan fingerprint density at radius 3 is 1.83 bits per heavy atom. The summed E-state index contributed by atoms with van der Waals surface area (Å²) in [7, 11) is 0. The molecule has 0 radical (unpaired) electrons. The number of aliphatic hydroxyl groups excluding tert-OH is 2. The maximum absolute atomic E-state index is 12.1. The first kappa shape index (κ1) is 24.7. The standard InChI is InChI=1S/C21H36N4O4/c1-17-10-11-18(24-20(28)22-12-6-2-4-8-14-26)16-19(17)25-21(29)23-13-7-3-5-9-15-27/h10-11,16,26-27H,2-9,12-15H2,1H3,(H2,22,24,28)(H2,23,25,29). The summed E-state index contributed by atoms with van der Waals surface area (Å²) in [6, 6.07) is 4.81. The SMILES string of the molecule is Cc1ccc(NC(=O)NCCCCCCO)cc1NC(=O)NCCCCCCO. The van der Waals surface area contributed by atoms with Crippen molar-refractivity contribution in [2.24, 2.45) is 0 Å². The first-order valence-corrected chi connectivity index (χ1v) is 10.5. The van der Waals surface area contributed by atoms with Crippen LogP contribution in [0, 0.1) is 6.92 Å². The minimum absolute atomic E-state index is 0.209. The molecule has 29 heavy (non-hydrogen) atoms. The largest absolute Gasteiger partial charge is 0.396 e. The highest BCUT2D eigenvalue weighted by Crippen LogP contribution is 2.20. The zero-order valence-electron chi connectivity index (χ0n) is 17.4. The lowest BCUT2D eigenvalue weighted by atomic mass is 10.2. The van der Waals surface area contributed by atoms with E-state index in [1.54, 1.807) is 12.1 Å². The van der Waals surface area contributed by atoms with Gasteiger partial charge >= 0.3 is 12.1 Å². The van der Waals surface area contributed by atoms with E-state index in [1.807, 2.05) is 13.0 Å². The van der Waals surface area contributed by atoms with Crippen LogP contribution in [0.5, 0.6) is 0 Å². The number of amides is 4. The number of rotatable bonds is 14. The third-order valence-corrected chi connectivity index (χ3v) is 4.48. The van der Waals surface area contributed by atoms with Gasteiger partial charge in [0.05, 0.1) is 0 Å². The number of carbonyl (C=O) groups is 2. The van der Waals surface area contributed by atoms with Crippen LogP contribution >= 0.6 is 0 Å². The number of unbranched alkanes of at least 4 members (excludes halogenated alkanes) is 6. The van der Waals surface area contributed by atoms with Crippen LogP contribution in [0.4, 0.5) is 21.0 Å². The third kappa shape index (κ3) is 12.0. The number of carbonyl (C=O) groups excluding carboxylic acids is 2. The summed E-state index contributed by atoms with van der Waals surface area (Å²) >= 11 is 0. The Morgan fingerprint density at radius 1 is 0.759 bits per heavy atom. The van der Waals surface area contributed by atoms with Gasteiger partial charge in [-0.1, -0.05) is 31.7 Å². The molecule has 1 aromatic carbocycles. The molecule has 1 aromatic rings. The normalized spacial score (nSPS) is 10.4. The molecule has 4 amide bonds. The van der Waals surface area contributed by atoms with Crippen molar-refractivity contribution in [1.29, 1.82) is 0 Å². The number of nitrogens with one attached hydrogen (secondary N) is 4. The van der Waals surface area contributed by atoms with E-state index in [1.165, 1.54) is 0 Å². The Morgan fingerprint density at radius 2 is 1.28 bits per heavy atom. The molecule has 0 unspecified atom stereocenters. The molecule has 8 heteroatoms. The van der Waals surface area contributed by atoms with Crippen LogP contribution in [0.15, 0.2) is 18.2 Å². The highest BCUT2D eigenvalue weighted by Gasteiger charge is 2.07. The number of hydrogen-bond acceptors (Lipinski definition) is 4. The summed E-state index contributed by atoms with van der Waals surface area (Å²) in [5, 5.41) is 28.7. The van der Waals surface area contributed by atoms with Crippen LogP contribution in [0.25, 0.3) is 0 Å². The molecule has 0 saturated heterocycles. The van der Waals surface area contributed by atoms with Crippen molar-refractivity contribution in [3.05, 3.63) is 23.8 Å². The Labute approximate surface area is 173 Å². The van der Waals surface area contributed by atoms with Crippen LogP contribution in [0.2, 0.25) is 0 Å².